The van der Waals surface area contributed by atoms with E-state index in [4.69, 9.17) is 10.7 Å². The number of benzene rings is 1. The predicted molar refractivity (Wildman–Crippen MR) is 126 cm³/mol. The van der Waals surface area contributed by atoms with E-state index in [0.717, 1.165) is 22.4 Å². The summed E-state index contributed by atoms with van der Waals surface area (Å²) in [5.74, 6) is -1.10. The van der Waals surface area contributed by atoms with E-state index in [1.807, 2.05) is 42.5 Å². The summed E-state index contributed by atoms with van der Waals surface area (Å²) >= 11 is 3.52. The minimum atomic E-state index is -2.17. The number of nitrogens with two attached hydrogens (primary N) is 1. The van der Waals surface area contributed by atoms with Crippen LogP contribution < -0.4 is 5.73 Å². The van der Waals surface area contributed by atoms with Crippen LogP contribution in [0.5, 0.6) is 0 Å². The highest BCUT2D eigenvalue weighted by Crippen LogP contribution is 2.43. The Balaban J connectivity index is 1.51. The lowest BCUT2D eigenvalue weighted by Gasteiger charge is -2.31. The topological polar surface area (TPSA) is 106 Å². The van der Waals surface area contributed by atoms with E-state index in [1.54, 1.807) is 16.9 Å². The minimum absolute atomic E-state index is 0.0524. The number of nitrogens with zero attached hydrogens (tertiary/aromatic N) is 4. The summed E-state index contributed by atoms with van der Waals surface area (Å²) < 4.78 is 16.7. The number of hydrogen-bond acceptors (Lipinski definition) is 5. The first-order valence-electron chi connectivity index (χ1n) is 10.6. The van der Waals surface area contributed by atoms with Crippen molar-refractivity contribution >= 4 is 33.4 Å². The van der Waals surface area contributed by atoms with Crippen LogP contribution >= 0.6 is 15.9 Å². The minimum Gasteiger partial charge on any atom is -0.479 e. The average Bonchev–Trinajstić information content (AvgIpc) is 3.27. The Morgan fingerprint density at radius 2 is 1.85 bits per heavy atom. The molecule has 1 aromatic carbocycles. The molecular formula is C24H21BrFN5O2. The van der Waals surface area contributed by atoms with Crippen LogP contribution in [0.1, 0.15) is 37.3 Å². The Labute approximate surface area is 197 Å². The fourth-order valence-electron chi connectivity index (χ4n) is 4.38. The molecule has 0 aliphatic heterocycles. The maximum absolute atomic E-state index is 14.5. The van der Waals surface area contributed by atoms with Gasteiger partial charge in [-0.1, -0.05) is 36.4 Å². The second kappa shape index (κ2) is 8.22. The third-order valence-corrected chi connectivity index (χ3v) is 7.15. The lowest BCUT2D eigenvalue weighted by molar-refractivity contribution is -0.153. The molecular weight excluding hydrogens is 489 g/mol. The molecule has 9 heteroatoms. The Morgan fingerprint density at radius 3 is 2.48 bits per heavy atom. The number of alkyl halides is 1. The van der Waals surface area contributed by atoms with Gasteiger partial charge in [-0.15, -0.1) is 0 Å². The molecule has 1 aliphatic carbocycles. The van der Waals surface area contributed by atoms with E-state index in [1.165, 1.54) is 0 Å². The van der Waals surface area contributed by atoms with Crippen molar-refractivity contribution in [2.45, 2.75) is 37.3 Å². The third kappa shape index (κ3) is 3.76. The number of nitrogen functional groups attached to an aromatic ring is 1. The summed E-state index contributed by atoms with van der Waals surface area (Å²) in [6.07, 6.45) is 4.13. The van der Waals surface area contributed by atoms with Gasteiger partial charge in [0, 0.05) is 28.8 Å². The first-order chi connectivity index (χ1) is 15.9. The van der Waals surface area contributed by atoms with Crippen molar-refractivity contribution in [2.75, 3.05) is 5.73 Å². The summed E-state index contributed by atoms with van der Waals surface area (Å²) in [7, 11) is 0. The average molecular weight is 510 g/mol. The van der Waals surface area contributed by atoms with Crippen molar-refractivity contribution < 1.29 is 14.3 Å². The second-order valence-corrected chi connectivity index (χ2v) is 9.13. The first-order valence-corrected chi connectivity index (χ1v) is 11.4. The van der Waals surface area contributed by atoms with Gasteiger partial charge in [0.2, 0.25) is 5.67 Å². The number of rotatable bonds is 4. The normalized spacial score (nSPS) is 20.7. The maximum Gasteiger partial charge on any atom is 0.341 e. The molecule has 0 atom stereocenters. The van der Waals surface area contributed by atoms with E-state index < -0.39 is 11.6 Å². The highest BCUT2D eigenvalue weighted by atomic mass is 79.9. The molecule has 7 nitrogen and oxygen atoms in total. The predicted octanol–water partition coefficient (Wildman–Crippen LogP) is 5.25. The van der Waals surface area contributed by atoms with E-state index >= 15 is 0 Å². The number of carboxylic acid groups (broad SMARTS) is 1. The van der Waals surface area contributed by atoms with Gasteiger partial charge >= 0.3 is 5.97 Å². The fourth-order valence-corrected chi connectivity index (χ4v) is 4.96. The molecule has 0 bridgehead atoms. The number of aromatic nitrogens is 4. The van der Waals surface area contributed by atoms with Crippen LogP contribution in [0.4, 0.5) is 10.2 Å². The molecule has 168 valence electrons. The van der Waals surface area contributed by atoms with Gasteiger partial charge in [-0.05, 0) is 47.7 Å². The summed E-state index contributed by atoms with van der Waals surface area (Å²) in [6, 6.07) is 13.8. The van der Waals surface area contributed by atoms with Crippen molar-refractivity contribution in [3.8, 4) is 22.4 Å². The first kappa shape index (κ1) is 21.5. The molecule has 0 radical (unpaired) electrons. The van der Waals surface area contributed by atoms with E-state index in [0.29, 0.717) is 34.5 Å². The lowest BCUT2D eigenvalue weighted by Crippen LogP contribution is -2.37. The van der Waals surface area contributed by atoms with Crippen molar-refractivity contribution in [1.29, 1.82) is 0 Å². The van der Waals surface area contributed by atoms with Crippen LogP contribution in [0, 0.1) is 0 Å². The number of fused-ring (bicyclic) bond motifs is 1. The molecule has 0 amide bonds. The Hall–Kier alpha value is -3.33. The monoisotopic (exact) mass is 509 g/mol. The van der Waals surface area contributed by atoms with Crippen LogP contribution in [0.25, 0.3) is 28.0 Å². The van der Waals surface area contributed by atoms with E-state index in [2.05, 4.69) is 26.0 Å². The number of pyridine rings is 1. The number of halogens is 2. The molecule has 5 rings (SSSR count). The molecule has 4 aromatic rings. The van der Waals surface area contributed by atoms with Gasteiger partial charge in [0.25, 0.3) is 0 Å². The van der Waals surface area contributed by atoms with Crippen LogP contribution in [-0.4, -0.2) is 36.3 Å². The van der Waals surface area contributed by atoms with Gasteiger partial charge in [-0.25, -0.2) is 14.2 Å². The second-order valence-electron chi connectivity index (χ2n) is 8.33. The van der Waals surface area contributed by atoms with Crippen LogP contribution in [0.2, 0.25) is 0 Å². The van der Waals surface area contributed by atoms with E-state index in [9.17, 15) is 14.3 Å². The zero-order chi connectivity index (χ0) is 23.2. The SMILES string of the molecule is Nc1c(Br)c([C@H]2CC[C@](F)(C(=O)O)CC2)nc2c(-c3ccc(-c4ccccc4)nc3)cnn12. The number of anilines is 1. The van der Waals surface area contributed by atoms with Crippen LogP contribution in [0.3, 0.4) is 0 Å². The Morgan fingerprint density at radius 1 is 1.12 bits per heavy atom. The smallest absolute Gasteiger partial charge is 0.341 e. The zero-order valence-electron chi connectivity index (χ0n) is 17.6. The number of carboxylic acids is 1. The molecule has 3 heterocycles. The number of aliphatic carboxylic acids is 1. The standard InChI is InChI=1S/C24H21BrFN5O2/c25-19-20(15-8-10-24(26,11-9-15)23(32)33)30-22-17(13-29-31(22)21(19)27)16-6-7-18(28-12-16)14-4-2-1-3-5-14/h1-7,12-13,15H,8-11,27H2,(H,32,33)/t15-,24+. The van der Waals surface area contributed by atoms with Crippen molar-refractivity contribution in [1.82, 2.24) is 19.6 Å². The lowest BCUT2D eigenvalue weighted by atomic mass is 9.78. The van der Waals surface area contributed by atoms with Crippen LogP contribution in [0.15, 0.2) is 59.3 Å². The van der Waals surface area contributed by atoms with Gasteiger partial charge in [0.1, 0.15) is 5.82 Å². The maximum atomic E-state index is 14.5. The Bertz CT molecular complexity index is 1330. The van der Waals surface area contributed by atoms with Gasteiger partial charge in [0.15, 0.2) is 5.65 Å². The third-order valence-electron chi connectivity index (χ3n) is 6.34. The molecule has 0 saturated heterocycles. The Kier molecular flexibility index (Phi) is 5.36. The van der Waals surface area contributed by atoms with E-state index in [-0.39, 0.29) is 18.8 Å². The molecule has 1 fully saturated rings. The largest absolute Gasteiger partial charge is 0.479 e. The molecule has 3 N–H and O–H groups in total. The highest BCUT2D eigenvalue weighted by molar-refractivity contribution is 9.10. The van der Waals surface area contributed by atoms with Crippen molar-refractivity contribution in [3.05, 3.63) is 65.0 Å². The van der Waals surface area contributed by atoms with Crippen molar-refractivity contribution in [2.24, 2.45) is 0 Å². The summed E-state index contributed by atoms with van der Waals surface area (Å²) in [5, 5.41) is 13.6. The molecule has 0 spiro atoms. The summed E-state index contributed by atoms with van der Waals surface area (Å²) in [4.78, 5) is 20.7. The zero-order valence-corrected chi connectivity index (χ0v) is 19.2. The van der Waals surface area contributed by atoms with Crippen LogP contribution in [-0.2, 0) is 4.79 Å². The molecule has 3 aromatic heterocycles. The fraction of sp³-hybridized carbons (Fsp3) is 0.250. The molecule has 0 unspecified atom stereocenters. The molecule has 1 saturated carbocycles. The summed E-state index contributed by atoms with van der Waals surface area (Å²) in [5.41, 5.74) is 8.97. The number of carbonyl (C=O) groups is 1. The number of hydrogen-bond donors (Lipinski definition) is 2. The highest BCUT2D eigenvalue weighted by Gasteiger charge is 2.43. The van der Waals surface area contributed by atoms with Gasteiger partial charge in [-0.2, -0.15) is 9.61 Å². The van der Waals surface area contributed by atoms with Crippen molar-refractivity contribution in [3.63, 3.8) is 0 Å². The quantitative estimate of drug-likeness (QED) is 0.388. The van der Waals surface area contributed by atoms with Gasteiger partial charge in [0.05, 0.1) is 22.1 Å². The van der Waals surface area contributed by atoms with Gasteiger partial charge < -0.3 is 10.8 Å². The molecule has 33 heavy (non-hydrogen) atoms. The summed E-state index contributed by atoms with van der Waals surface area (Å²) in [6.45, 7) is 0. The molecule has 1 aliphatic rings. The van der Waals surface area contributed by atoms with Gasteiger partial charge in [-0.3, -0.25) is 4.98 Å².